The van der Waals surface area contributed by atoms with Crippen LogP contribution in [0.2, 0.25) is 0 Å². The van der Waals surface area contributed by atoms with Crippen LogP contribution in [-0.2, 0) is 16.1 Å². The van der Waals surface area contributed by atoms with Gasteiger partial charge in [-0.25, -0.2) is 10.2 Å². The second-order valence-corrected chi connectivity index (χ2v) is 9.81. The number of aliphatic carboxylic acids is 1. The van der Waals surface area contributed by atoms with Gasteiger partial charge in [-0.2, -0.15) is 8.78 Å². The zero-order valence-corrected chi connectivity index (χ0v) is 27.0. The molecule has 1 aliphatic rings. The van der Waals surface area contributed by atoms with Crippen molar-refractivity contribution >= 4 is 17.6 Å². The first-order chi connectivity index (χ1) is 22.0. The van der Waals surface area contributed by atoms with Gasteiger partial charge in [0.25, 0.3) is 5.91 Å². The second kappa shape index (κ2) is 19.4. The molecule has 0 saturated carbocycles. The first-order valence-electron chi connectivity index (χ1n) is 14.7. The number of hydrogen-bond acceptors (Lipinski definition) is 7. The normalized spacial score (nSPS) is 16.0. The molecule has 0 fully saturated rings. The van der Waals surface area contributed by atoms with Crippen LogP contribution in [0.4, 0.5) is 22.0 Å². The van der Waals surface area contributed by atoms with Crippen LogP contribution in [0.1, 0.15) is 63.0 Å². The molecule has 3 atom stereocenters. The highest BCUT2D eigenvalue weighted by atomic mass is 19.4. The molecule has 3 unspecified atom stereocenters. The maximum absolute atomic E-state index is 12.5. The third-order valence-electron chi connectivity index (χ3n) is 5.84. The Kier molecular flexibility index (Phi) is 16.8. The highest BCUT2D eigenvalue weighted by Crippen LogP contribution is 2.29. The molecule has 0 bridgehead atoms. The summed E-state index contributed by atoms with van der Waals surface area (Å²) < 4.78 is 69.7. The molecule has 47 heavy (non-hydrogen) atoms. The van der Waals surface area contributed by atoms with E-state index in [-0.39, 0.29) is 17.4 Å². The quantitative estimate of drug-likeness (QED) is 0.146. The Morgan fingerprint density at radius 3 is 2.23 bits per heavy atom. The highest BCUT2D eigenvalue weighted by molar-refractivity contribution is 5.94. The van der Waals surface area contributed by atoms with Crippen LogP contribution in [0.15, 0.2) is 78.9 Å². The van der Waals surface area contributed by atoms with Gasteiger partial charge in [-0.05, 0) is 74.4 Å². The van der Waals surface area contributed by atoms with Crippen molar-refractivity contribution in [2.24, 2.45) is 0 Å². The Balaban J connectivity index is 0.000000787. The van der Waals surface area contributed by atoms with Crippen molar-refractivity contribution < 1.29 is 51.2 Å². The maximum atomic E-state index is 12.5. The van der Waals surface area contributed by atoms with Gasteiger partial charge in [0.15, 0.2) is 6.10 Å². The average molecular weight is 672 g/mol. The summed E-state index contributed by atoms with van der Waals surface area (Å²) in [6.45, 7) is 9.81. The summed E-state index contributed by atoms with van der Waals surface area (Å²) in [6, 6.07) is 12.0. The number of allylic oxidation sites excluding steroid dienone is 2. The minimum atomic E-state index is -4.78. The van der Waals surface area contributed by atoms with Gasteiger partial charge in [-0.15, -0.1) is 13.2 Å². The third-order valence-corrected chi connectivity index (χ3v) is 5.84. The van der Waals surface area contributed by atoms with Gasteiger partial charge in [-0.1, -0.05) is 50.3 Å². The molecule has 4 N–H and O–H groups in total. The molecule has 1 heterocycles. The Morgan fingerprint density at radius 2 is 1.70 bits per heavy atom. The first kappa shape index (κ1) is 40.8. The molecular formula is C33H42F5N3O6. The second-order valence-electron chi connectivity index (χ2n) is 9.81. The van der Waals surface area contributed by atoms with E-state index in [4.69, 9.17) is 5.11 Å². The molecule has 0 aromatic heterocycles. The Morgan fingerprint density at radius 1 is 1.06 bits per heavy atom. The number of halogens is 5. The van der Waals surface area contributed by atoms with Crippen molar-refractivity contribution in [3.63, 3.8) is 0 Å². The smallest absolute Gasteiger partial charge is 0.479 e. The average Bonchev–Trinajstić information content (AvgIpc) is 3.38. The summed E-state index contributed by atoms with van der Waals surface area (Å²) in [5.41, 5.74) is 5.70. The molecule has 0 spiro atoms. The zero-order valence-electron chi connectivity index (χ0n) is 27.0. The lowest BCUT2D eigenvalue weighted by atomic mass is 10.1. The molecule has 1 aliphatic heterocycles. The molecule has 0 radical (unpaired) electrons. The summed E-state index contributed by atoms with van der Waals surface area (Å²) in [6.07, 6.45) is -1.09. The van der Waals surface area contributed by atoms with Crippen molar-refractivity contribution in [2.45, 2.75) is 78.8 Å². The molecule has 0 saturated heterocycles. The van der Waals surface area contributed by atoms with E-state index in [1.807, 2.05) is 44.0 Å². The van der Waals surface area contributed by atoms with Gasteiger partial charge in [0.2, 0.25) is 0 Å². The standard InChI is InChI=1S/C24H24F3N3O5.C7H12F2O.C2H6/c1-2-4-18-12-20(16-7-9-19(10-8-16)35-24(25,26)27)30(29-18)14-15-5-3-6-17(11-15)22(32)28-13-21(31)23(33)34;1-4-5-6(2)10-7(3,8)9;1-2/h2-12,18,21,29,31H,13-14H2,1H3,(H,28,32)(H,33,34);4-6H,1-3H3;1-2H3/b4-2+;5-4-;. The van der Waals surface area contributed by atoms with Crippen molar-refractivity contribution in [3.8, 4) is 5.75 Å². The number of hydrogen-bond donors (Lipinski definition) is 4. The van der Waals surface area contributed by atoms with Gasteiger partial charge in [0.05, 0.1) is 30.9 Å². The number of carbonyl (C=O) groups excluding carboxylic acids is 1. The fourth-order valence-corrected chi connectivity index (χ4v) is 4.07. The van der Waals surface area contributed by atoms with Crippen molar-refractivity contribution in [2.75, 3.05) is 6.54 Å². The molecular weight excluding hydrogens is 629 g/mol. The molecule has 1 amide bonds. The minimum absolute atomic E-state index is 0.148. The number of alkyl halides is 5. The van der Waals surface area contributed by atoms with Crippen LogP contribution in [-0.4, -0.2) is 64.4 Å². The van der Waals surface area contributed by atoms with Crippen LogP contribution >= 0.6 is 0 Å². The number of nitrogens with zero attached hydrogens (tertiary/aromatic N) is 1. The third kappa shape index (κ3) is 15.7. The number of carboxylic acids is 1. The number of benzene rings is 2. The summed E-state index contributed by atoms with van der Waals surface area (Å²) in [4.78, 5) is 23.1. The highest BCUT2D eigenvalue weighted by Gasteiger charge is 2.31. The number of carboxylic acid groups (broad SMARTS) is 1. The Hall–Kier alpha value is -4.27. The van der Waals surface area contributed by atoms with Gasteiger partial charge in [0.1, 0.15) is 5.75 Å². The summed E-state index contributed by atoms with van der Waals surface area (Å²) in [5, 5.41) is 22.3. The van der Waals surface area contributed by atoms with Crippen LogP contribution < -0.4 is 15.5 Å². The summed E-state index contributed by atoms with van der Waals surface area (Å²) >= 11 is 0. The number of rotatable bonds is 12. The maximum Gasteiger partial charge on any atom is 0.573 e. The van der Waals surface area contributed by atoms with Crippen molar-refractivity contribution in [1.82, 2.24) is 15.8 Å². The van der Waals surface area contributed by atoms with Gasteiger partial charge < -0.3 is 30.0 Å². The lowest BCUT2D eigenvalue weighted by Crippen LogP contribution is -2.37. The number of amides is 1. The van der Waals surface area contributed by atoms with Gasteiger partial charge >= 0.3 is 18.4 Å². The molecule has 3 rings (SSSR count). The van der Waals surface area contributed by atoms with Crippen molar-refractivity contribution in [3.05, 3.63) is 95.6 Å². The number of nitrogens with one attached hydrogen (secondary N) is 2. The van der Waals surface area contributed by atoms with Crippen LogP contribution in [0.25, 0.3) is 5.70 Å². The van der Waals surface area contributed by atoms with Crippen molar-refractivity contribution in [1.29, 1.82) is 0 Å². The Bertz CT molecular complexity index is 1360. The van der Waals surface area contributed by atoms with E-state index in [0.717, 1.165) is 18.2 Å². The molecule has 9 nitrogen and oxygen atoms in total. The Labute approximate surface area is 271 Å². The van der Waals surface area contributed by atoms with Crippen LogP contribution in [0, 0.1) is 0 Å². The van der Waals surface area contributed by atoms with Crippen LogP contribution in [0.5, 0.6) is 5.75 Å². The lowest BCUT2D eigenvalue weighted by molar-refractivity contribution is -0.274. The van der Waals surface area contributed by atoms with E-state index >= 15 is 0 Å². The molecule has 260 valence electrons. The topological polar surface area (TPSA) is 120 Å². The number of hydrazine groups is 1. The largest absolute Gasteiger partial charge is 0.573 e. The molecule has 2 aromatic carbocycles. The van der Waals surface area contributed by atoms with E-state index in [9.17, 15) is 36.6 Å². The summed E-state index contributed by atoms with van der Waals surface area (Å²) in [7, 11) is 0. The molecule has 14 heteroatoms. The number of aliphatic hydroxyl groups is 1. The lowest BCUT2D eigenvalue weighted by Gasteiger charge is -2.24. The number of ether oxygens (including phenoxy) is 2. The van der Waals surface area contributed by atoms with E-state index in [1.165, 1.54) is 24.3 Å². The fraction of sp³-hybridized carbons (Fsp3) is 0.394. The van der Waals surface area contributed by atoms with E-state index in [2.05, 4.69) is 20.2 Å². The monoisotopic (exact) mass is 671 g/mol. The van der Waals surface area contributed by atoms with Gasteiger partial charge in [0, 0.05) is 12.5 Å². The van der Waals surface area contributed by atoms with E-state index < -0.39 is 43.1 Å². The van der Waals surface area contributed by atoms with E-state index in [1.54, 1.807) is 50.3 Å². The molecule has 2 aromatic rings. The molecule has 0 aliphatic carbocycles. The minimum Gasteiger partial charge on any atom is -0.479 e. The van der Waals surface area contributed by atoms with Gasteiger partial charge in [-0.3, -0.25) is 4.79 Å². The summed E-state index contributed by atoms with van der Waals surface area (Å²) in [5.74, 6) is -2.30. The first-order valence-corrected chi connectivity index (χ1v) is 14.7. The number of carbonyl (C=O) groups is 2. The van der Waals surface area contributed by atoms with Crippen LogP contribution in [0.3, 0.4) is 0 Å². The predicted octanol–water partition coefficient (Wildman–Crippen LogP) is 6.67. The fourth-order valence-electron chi connectivity index (χ4n) is 4.07. The van der Waals surface area contributed by atoms with E-state index in [0.29, 0.717) is 12.1 Å². The zero-order chi connectivity index (χ0) is 35.8. The number of aliphatic hydroxyl groups excluding tert-OH is 1. The SMILES string of the molecule is C/C=C/C1C=C(c2ccc(OC(F)(F)F)cc2)N(Cc2cccc(C(=O)NCC(O)C(=O)O)c2)N1.C/C=C\C(C)OC(C)(F)F.CC. The predicted molar refractivity (Wildman–Crippen MR) is 168 cm³/mol.